The van der Waals surface area contributed by atoms with Crippen LogP contribution in [0.4, 0.5) is 5.69 Å². The Morgan fingerprint density at radius 2 is 2.09 bits per heavy atom. The molecule has 0 saturated carbocycles. The third kappa shape index (κ3) is 2.27. The molecule has 118 valence electrons. The van der Waals surface area contributed by atoms with Crippen LogP contribution in [-0.4, -0.2) is 34.6 Å². The van der Waals surface area contributed by atoms with E-state index in [-0.39, 0.29) is 43.0 Å². The fourth-order valence-corrected chi connectivity index (χ4v) is 2.69. The molecule has 1 aromatic heterocycles. The number of likely N-dealkylation sites (N-methyl/N-ethyl adjacent to an activating group) is 1. The van der Waals surface area contributed by atoms with Crippen molar-refractivity contribution in [1.82, 2.24) is 9.13 Å². The highest BCUT2D eigenvalue weighted by Crippen LogP contribution is 2.29. The Balaban J connectivity index is 0.00000176. The summed E-state index contributed by atoms with van der Waals surface area (Å²) in [6.45, 7) is 2.51. The van der Waals surface area contributed by atoms with Crippen LogP contribution >= 0.6 is 0 Å². The minimum Gasteiger partial charge on any atom is -1.00 e. The first-order chi connectivity index (χ1) is 10.0. The van der Waals surface area contributed by atoms with E-state index in [1.807, 2.05) is 25.1 Å². The van der Waals surface area contributed by atoms with E-state index in [1.165, 1.54) is 9.13 Å². The minimum atomic E-state index is -0.249. The molecule has 3 rings (SSSR count). The molecule has 0 bridgehead atoms. The number of halogens is 1. The van der Waals surface area contributed by atoms with Crippen LogP contribution in [0.5, 0.6) is 0 Å². The molecule has 1 aliphatic rings. The molecule has 2 N–H and O–H groups in total. The maximum Gasteiger partial charge on any atom is 0.353 e. The van der Waals surface area contributed by atoms with Crippen LogP contribution in [-0.2, 0) is 22.6 Å². The quantitative estimate of drug-likeness (QED) is 0.461. The number of para-hydroxylation sites is 1. The highest BCUT2D eigenvalue weighted by Gasteiger charge is 2.27. The van der Waals surface area contributed by atoms with Gasteiger partial charge in [-0.3, -0.25) is 13.9 Å². The number of nitrogens with zero attached hydrogens (tertiary/aromatic N) is 3. The monoisotopic (exact) mass is 324 g/mol. The minimum absolute atomic E-state index is 0. The van der Waals surface area contributed by atoms with Crippen molar-refractivity contribution >= 4 is 28.5 Å². The number of hydrogen-bond donors (Lipinski definition) is 1. The van der Waals surface area contributed by atoms with Crippen LogP contribution < -0.4 is 28.4 Å². The first kappa shape index (κ1) is 16.1. The van der Waals surface area contributed by atoms with Crippen molar-refractivity contribution in [1.29, 1.82) is 0 Å². The standard InChI is InChI=1S/C14H16N4O3.ClH/c1-3-21-11(15)7-17-10-6-4-5-9-13(10)18(14(17)20)8-12(19)16(9)2;/h4-6,15H,3,7-8H2,1-2H3;1H. The van der Waals surface area contributed by atoms with E-state index >= 15 is 0 Å². The number of carbonyl (C=O) groups excluding carboxylic acids is 1. The molecule has 0 atom stereocenters. The number of amides is 1. The third-order valence-electron chi connectivity index (χ3n) is 3.69. The summed E-state index contributed by atoms with van der Waals surface area (Å²) in [7, 11) is 1.71. The number of imidazole rings is 1. The number of rotatable bonds is 3. The van der Waals surface area contributed by atoms with E-state index in [0.29, 0.717) is 6.61 Å². The Labute approximate surface area is 133 Å². The van der Waals surface area contributed by atoms with Crippen molar-refractivity contribution in [3.05, 3.63) is 28.7 Å². The van der Waals surface area contributed by atoms with E-state index in [9.17, 15) is 9.59 Å². The Hall–Kier alpha value is -2.28. The molecule has 0 unspecified atom stereocenters. The lowest BCUT2D eigenvalue weighted by Gasteiger charge is -2.23. The van der Waals surface area contributed by atoms with E-state index in [2.05, 4.69) is 0 Å². The van der Waals surface area contributed by atoms with Gasteiger partial charge in [-0.2, -0.15) is 0 Å². The molecule has 0 saturated heterocycles. The van der Waals surface area contributed by atoms with Gasteiger partial charge >= 0.3 is 11.6 Å². The summed E-state index contributed by atoms with van der Waals surface area (Å²) in [6, 6.07) is 5.50. The van der Waals surface area contributed by atoms with Crippen LogP contribution in [0.25, 0.3) is 11.0 Å². The fourth-order valence-electron chi connectivity index (χ4n) is 2.69. The lowest BCUT2D eigenvalue weighted by molar-refractivity contribution is -0.143. The predicted molar refractivity (Wildman–Crippen MR) is 78.2 cm³/mol. The van der Waals surface area contributed by atoms with Gasteiger partial charge in [0.2, 0.25) is 5.91 Å². The second-order valence-corrected chi connectivity index (χ2v) is 4.95. The normalized spacial score (nSPS) is 13.2. The molecule has 2 heterocycles. The SMILES string of the molecule is CCOC(=[NH2+])Cn1c(=O)n2c3c(cccc31)N(C)C(=O)C2.[Cl-]. The number of carbonyl (C=O) groups is 1. The summed E-state index contributed by atoms with van der Waals surface area (Å²) in [6.07, 6.45) is 0. The van der Waals surface area contributed by atoms with Gasteiger partial charge in [0.05, 0.1) is 23.3 Å². The summed E-state index contributed by atoms with van der Waals surface area (Å²) in [5.41, 5.74) is 1.99. The van der Waals surface area contributed by atoms with Crippen LogP contribution in [0.1, 0.15) is 6.92 Å². The second-order valence-electron chi connectivity index (χ2n) is 4.95. The topological polar surface area (TPSA) is 82.1 Å². The van der Waals surface area contributed by atoms with Crippen LogP contribution in [0.3, 0.4) is 0 Å². The van der Waals surface area contributed by atoms with Crippen molar-refractivity contribution < 1.29 is 27.3 Å². The molecule has 2 aromatic rings. The highest BCUT2D eigenvalue weighted by atomic mass is 35.5. The molecule has 0 fully saturated rings. The van der Waals surface area contributed by atoms with Gasteiger partial charge in [-0.05, 0) is 19.1 Å². The van der Waals surface area contributed by atoms with E-state index < -0.39 is 0 Å². The van der Waals surface area contributed by atoms with Gasteiger partial charge in [-0.1, -0.05) is 6.07 Å². The summed E-state index contributed by atoms with van der Waals surface area (Å²) in [4.78, 5) is 26.1. The van der Waals surface area contributed by atoms with Crippen molar-refractivity contribution in [2.24, 2.45) is 0 Å². The van der Waals surface area contributed by atoms with Crippen LogP contribution in [0.2, 0.25) is 0 Å². The number of ether oxygens (including phenoxy) is 1. The van der Waals surface area contributed by atoms with E-state index in [1.54, 1.807) is 11.9 Å². The largest absolute Gasteiger partial charge is 1.00 e. The first-order valence-electron chi connectivity index (χ1n) is 6.77. The van der Waals surface area contributed by atoms with Crippen molar-refractivity contribution in [2.75, 3.05) is 18.6 Å². The number of nitrogens with two attached hydrogens (primary N) is 1. The summed E-state index contributed by atoms with van der Waals surface area (Å²) >= 11 is 0. The van der Waals surface area contributed by atoms with Crippen LogP contribution in [0, 0.1) is 0 Å². The van der Waals surface area contributed by atoms with Gasteiger partial charge < -0.3 is 22.0 Å². The van der Waals surface area contributed by atoms with Gasteiger partial charge in [-0.15, -0.1) is 0 Å². The van der Waals surface area contributed by atoms with Gasteiger partial charge in [0, 0.05) is 7.05 Å². The zero-order valence-electron chi connectivity index (χ0n) is 12.4. The van der Waals surface area contributed by atoms with E-state index in [4.69, 9.17) is 10.1 Å². The smallest absolute Gasteiger partial charge is 0.353 e. The maximum atomic E-state index is 12.5. The summed E-state index contributed by atoms with van der Waals surface area (Å²) < 4.78 is 8.26. The molecular weight excluding hydrogens is 308 g/mol. The molecule has 0 radical (unpaired) electrons. The zero-order chi connectivity index (χ0) is 15.1. The van der Waals surface area contributed by atoms with Crippen molar-refractivity contribution in [3.63, 3.8) is 0 Å². The molecule has 8 heteroatoms. The Morgan fingerprint density at radius 3 is 2.77 bits per heavy atom. The average Bonchev–Trinajstić information content (AvgIpc) is 2.71. The zero-order valence-corrected chi connectivity index (χ0v) is 13.1. The molecule has 1 aliphatic heterocycles. The maximum absolute atomic E-state index is 12.5. The summed E-state index contributed by atoms with van der Waals surface area (Å²) in [5.74, 6) is 0.166. The predicted octanol–water partition coefficient (Wildman–Crippen LogP) is -4.02. The highest BCUT2D eigenvalue weighted by molar-refractivity contribution is 6.04. The third-order valence-corrected chi connectivity index (χ3v) is 3.69. The van der Waals surface area contributed by atoms with Gasteiger partial charge in [0.1, 0.15) is 13.1 Å². The number of benzene rings is 1. The Kier molecular flexibility index (Phi) is 4.27. The lowest BCUT2D eigenvalue weighted by atomic mass is 10.2. The lowest BCUT2D eigenvalue weighted by Crippen LogP contribution is -3.00. The van der Waals surface area contributed by atoms with Crippen molar-refractivity contribution in [2.45, 2.75) is 20.0 Å². The molecular formula is C14H17ClN4O3. The average molecular weight is 325 g/mol. The second kappa shape index (κ2) is 5.84. The molecule has 0 spiro atoms. The fraction of sp³-hybridized carbons (Fsp3) is 0.357. The summed E-state index contributed by atoms with van der Waals surface area (Å²) in [5, 5.41) is 5.78. The number of hydrogen-bond acceptors (Lipinski definition) is 3. The van der Waals surface area contributed by atoms with Crippen molar-refractivity contribution in [3.8, 4) is 0 Å². The molecule has 1 aromatic carbocycles. The van der Waals surface area contributed by atoms with E-state index in [0.717, 1.165) is 16.7 Å². The number of aromatic nitrogens is 2. The molecule has 22 heavy (non-hydrogen) atoms. The van der Waals surface area contributed by atoms with Gasteiger partial charge in [0.25, 0.3) is 0 Å². The Bertz CT molecular complexity index is 808. The molecule has 0 aliphatic carbocycles. The first-order valence-corrected chi connectivity index (χ1v) is 6.77. The van der Waals surface area contributed by atoms with Gasteiger partial charge in [0.15, 0.2) is 0 Å². The molecule has 1 amide bonds. The molecule has 7 nitrogen and oxygen atoms in total. The van der Waals surface area contributed by atoms with Gasteiger partial charge in [-0.25, -0.2) is 10.2 Å². The Morgan fingerprint density at radius 1 is 1.36 bits per heavy atom. The van der Waals surface area contributed by atoms with Crippen LogP contribution in [0.15, 0.2) is 23.0 Å². The number of anilines is 1.